The van der Waals surface area contributed by atoms with Gasteiger partial charge < -0.3 is 10.4 Å². The first kappa shape index (κ1) is 14.8. The molecule has 122 valence electrons. The van der Waals surface area contributed by atoms with Crippen LogP contribution in [0.2, 0.25) is 0 Å². The Morgan fingerprint density at radius 2 is 2.17 bits per heavy atom. The third kappa shape index (κ3) is 2.54. The number of carbonyl (C=O) groups excluding carboxylic acids is 1. The van der Waals surface area contributed by atoms with Crippen molar-refractivity contribution in [2.24, 2.45) is 0 Å². The SMILES string of the molecule is O=C(NC1CC1)c1cc2ncn(-c3ccc(O)c(F)c3)c(=O)c2s1. The van der Waals surface area contributed by atoms with Gasteiger partial charge >= 0.3 is 0 Å². The highest BCUT2D eigenvalue weighted by Crippen LogP contribution is 2.25. The maximum atomic E-state index is 13.5. The third-order valence-electron chi connectivity index (χ3n) is 3.78. The van der Waals surface area contributed by atoms with Crippen molar-refractivity contribution in [3.63, 3.8) is 0 Å². The zero-order valence-electron chi connectivity index (χ0n) is 12.3. The molecule has 0 atom stereocenters. The number of rotatable bonds is 3. The molecule has 4 rings (SSSR count). The highest BCUT2D eigenvalue weighted by Gasteiger charge is 2.25. The molecule has 1 aromatic carbocycles. The van der Waals surface area contributed by atoms with Crippen molar-refractivity contribution in [3.05, 3.63) is 51.6 Å². The van der Waals surface area contributed by atoms with Crippen molar-refractivity contribution in [1.29, 1.82) is 0 Å². The standard InChI is InChI=1S/C16H12FN3O3S/c17-10-5-9(3-4-12(10)21)20-7-18-11-6-13(24-14(11)16(20)23)15(22)19-8-1-2-8/h3-8,21H,1-2H2,(H,19,22). The van der Waals surface area contributed by atoms with Gasteiger partial charge in [0.15, 0.2) is 11.6 Å². The van der Waals surface area contributed by atoms with Gasteiger partial charge in [0.1, 0.15) is 11.0 Å². The van der Waals surface area contributed by atoms with Crippen LogP contribution in [0.4, 0.5) is 4.39 Å². The molecule has 0 spiro atoms. The van der Waals surface area contributed by atoms with Crippen LogP contribution < -0.4 is 10.9 Å². The topological polar surface area (TPSA) is 84.2 Å². The van der Waals surface area contributed by atoms with E-state index in [0.717, 1.165) is 30.2 Å². The second kappa shape index (κ2) is 5.41. The van der Waals surface area contributed by atoms with Crippen LogP contribution in [0.5, 0.6) is 5.75 Å². The number of carbonyl (C=O) groups is 1. The highest BCUT2D eigenvalue weighted by atomic mass is 32.1. The zero-order chi connectivity index (χ0) is 16.8. The molecule has 0 aliphatic heterocycles. The smallest absolute Gasteiger partial charge is 0.275 e. The lowest BCUT2D eigenvalue weighted by Crippen LogP contribution is -2.24. The number of hydrogen-bond donors (Lipinski definition) is 2. The summed E-state index contributed by atoms with van der Waals surface area (Å²) in [5.74, 6) is -1.52. The molecule has 0 unspecified atom stereocenters. The maximum absolute atomic E-state index is 13.5. The fourth-order valence-electron chi connectivity index (χ4n) is 2.34. The number of fused-ring (bicyclic) bond motifs is 1. The minimum Gasteiger partial charge on any atom is -0.505 e. The molecule has 1 saturated carbocycles. The van der Waals surface area contributed by atoms with Crippen molar-refractivity contribution in [2.45, 2.75) is 18.9 Å². The second-order valence-electron chi connectivity index (χ2n) is 5.63. The summed E-state index contributed by atoms with van der Waals surface area (Å²) in [7, 11) is 0. The normalized spacial score (nSPS) is 14.0. The summed E-state index contributed by atoms with van der Waals surface area (Å²) >= 11 is 1.07. The Kier molecular flexibility index (Phi) is 3.34. The van der Waals surface area contributed by atoms with Gasteiger partial charge in [-0.25, -0.2) is 9.37 Å². The summed E-state index contributed by atoms with van der Waals surface area (Å²) in [6.45, 7) is 0. The first-order valence-electron chi connectivity index (χ1n) is 7.34. The summed E-state index contributed by atoms with van der Waals surface area (Å²) in [6, 6.07) is 5.46. The van der Waals surface area contributed by atoms with E-state index in [4.69, 9.17) is 0 Å². The van der Waals surface area contributed by atoms with E-state index in [-0.39, 0.29) is 23.2 Å². The maximum Gasteiger partial charge on any atom is 0.275 e. The van der Waals surface area contributed by atoms with Gasteiger partial charge in [0.05, 0.1) is 16.1 Å². The summed E-state index contributed by atoms with van der Waals surface area (Å²) in [4.78, 5) is 29.3. The Balaban J connectivity index is 1.78. The van der Waals surface area contributed by atoms with Crippen molar-refractivity contribution in [3.8, 4) is 11.4 Å². The van der Waals surface area contributed by atoms with E-state index in [2.05, 4.69) is 10.3 Å². The number of benzene rings is 1. The molecule has 0 saturated heterocycles. The van der Waals surface area contributed by atoms with E-state index in [9.17, 15) is 19.1 Å². The average Bonchev–Trinajstić information content (AvgIpc) is 3.25. The van der Waals surface area contributed by atoms with E-state index in [1.54, 1.807) is 6.07 Å². The lowest BCUT2D eigenvalue weighted by Gasteiger charge is -2.05. The van der Waals surface area contributed by atoms with Crippen molar-refractivity contribution < 1.29 is 14.3 Å². The van der Waals surface area contributed by atoms with E-state index < -0.39 is 11.6 Å². The molecule has 1 aliphatic rings. The molecular formula is C16H12FN3O3S. The Hall–Kier alpha value is -2.74. The minimum absolute atomic E-state index is 0.206. The Morgan fingerprint density at radius 1 is 1.38 bits per heavy atom. The number of halogens is 1. The fraction of sp³-hybridized carbons (Fsp3) is 0.188. The predicted molar refractivity (Wildman–Crippen MR) is 87.3 cm³/mol. The number of amides is 1. The van der Waals surface area contributed by atoms with Crippen LogP contribution in [0.25, 0.3) is 15.9 Å². The first-order chi connectivity index (χ1) is 11.5. The number of nitrogens with zero attached hydrogens (tertiary/aromatic N) is 2. The Labute approximate surface area is 139 Å². The van der Waals surface area contributed by atoms with Crippen LogP contribution >= 0.6 is 11.3 Å². The van der Waals surface area contributed by atoms with Gasteiger partial charge in [0.2, 0.25) is 0 Å². The molecule has 24 heavy (non-hydrogen) atoms. The van der Waals surface area contributed by atoms with Crippen LogP contribution in [0.1, 0.15) is 22.5 Å². The molecule has 2 aromatic heterocycles. The van der Waals surface area contributed by atoms with Gasteiger partial charge in [-0.3, -0.25) is 14.2 Å². The first-order valence-corrected chi connectivity index (χ1v) is 8.15. The van der Waals surface area contributed by atoms with Crippen LogP contribution in [0.15, 0.2) is 35.4 Å². The fourth-order valence-corrected chi connectivity index (χ4v) is 3.28. The third-order valence-corrected chi connectivity index (χ3v) is 4.89. The quantitative estimate of drug-likeness (QED) is 0.762. The van der Waals surface area contributed by atoms with Crippen LogP contribution in [0, 0.1) is 5.82 Å². The second-order valence-corrected chi connectivity index (χ2v) is 6.68. The molecule has 6 nitrogen and oxygen atoms in total. The lowest BCUT2D eigenvalue weighted by molar-refractivity contribution is 0.0955. The van der Waals surface area contributed by atoms with E-state index >= 15 is 0 Å². The zero-order valence-corrected chi connectivity index (χ0v) is 13.1. The molecule has 1 fully saturated rings. The Morgan fingerprint density at radius 3 is 2.88 bits per heavy atom. The number of phenolic OH excluding ortho intramolecular Hbond substituents is 1. The number of thiophene rings is 1. The summed E-state index contributed by atoms with van der Waals surface area (Å²) in [6.07, 6.45) is 3.24. The van der Waals surface area contributed by atoms with E-state index in [1.165, 1.54) is 23.0 Å². The van der Waals surface area contributed by atoms with Crippen molar-refractivity contribution in [2.75, 3.05) is 0 Å². The summed E-state index contributed by atoms with van der Waals surface area (Å²) in [5, 5.41) is 12.1. The van der Waals surface area contributed by atoms with E-state index in [1.807, 2.05) is 0 Å². The monoisotopic (exact) mass is 345 g/mol. The van der Waals surface area contributed by atoms with Crippen molar-refractivity contribution >= 4 is 27.5 Å². The van der Waals surface area contributed by atoms with Gasteiger partial charge in [-0.15, -0.1) is 11.3 Å². The van der Waals surface area contributed by atoms with Crippen LogP contribution in [-0.2, 0) is 0 Å². The number of phenols is 1. The molecule has 0 radical (unpaired) electrons. The van der Waals surface area contributed by atoms with Gasteiger partial charge in [0.25, 0.3) is 11.5 Å². The number of aromatic hydroxyl groups is 1. The lowest BCUT2D eigenvalue weighted by atomic mass is 10.3. The van der Waals surface area contributed by atoms with Crippen molar-refractivity contribution in [1.82, 2.24) is 14.9 Å². The molecule has 8 heteroatoms. The molecule has 2 heterocycles. The molecule has 1 amide bonds. The van der Waals surface area contributed by atoms with Gasteiger partial charge in [-0.2, -0.15) is 0 Å². The highest BCUT2D eigenvalue weighted by molar-refractivity contribution is 7.20. The van der Waals surface area contributed by atoms with Crippen LogP contribution in [0.3, 0.4) is 0 Å². The summed E-state index contributed by atoms with van der Waals surface area (Å²) < 4.78 is 15.0. The van der Waals surface area contributed by atoms with Crippen LogP contribution in [-0.4, -0.2) is 26.6 Å². The molecule has 1 aliphatic carbocycles. The number of nitrogens with one attached hydrogen (secondary N) is 1. The molecule has 2 N–H and O–H groups in total. The number of hydrogen-bond acceptors (Lipinski definition) is 5. The molecule has 0 bridgehead atoms. The summed E-state index contributed by atoms with van der Waals surface area (Å²) in [5.41, 5.74) is 0.295. The molecular weight excluding hydrogens is 333 g/mol. The molecule has 3 aromatic rings. The van der Waals surface area contributed by atoms with Gasteiger partial charge in [-0.05, 0) is 31.0 Å². The average molecular weight is 345 g/mol. The Bertz CT molecular complexity index is 1020. The van der Waals surface area contributed by atoms with Gasteiger partial charge in [-0.1, -0.05) is 0 Å². The number of aromatic nitrogens is 2. The van der Waals surface area contributed by atoms with Gasteiger partial charge in [0, 0.05) is 12.1 Å². The largest absolute Gasteiger partial charge is 0.505 e. The minimum atomic E-state index is -0.824. The van der Waals surface area contributed by atoms with E-state index in [0.29, 0.717) is 15.1 Å². The predicted octanol–water partition coefficient (Wildman–Crippen LogP) is 2.18.